The van der Waals surface area contributed by atoms with Gasteiger partial charge in [-0.3, -0.25) is 4.90 Å². The average Bonchev–Trinajstić information content (AvgIpc) is 3.66. The highest BCUT2D eigenvalue weighted by Gasteiger charge is 2.45. The van der Waals surface area contributed by atoms with Gasteiger partial charge in [-0.2, -0.15) is 9.97 Å². The summed E-state index contributed by atoms with van der Waals surface area (Å²) in [7, 11) is 0. The first-order chi connectivity index (χ1) is 20.3. The fraction of sp³-hybridized carbons (Fsp3) is 0.500. The lowest BCUT2D eigenvalue weighted by atomic mass is 9.80. The molecule has 1 unspecified atom stereocenters. The van der Waals surface area contributed by atoms with Crippen LogP contribution in [0.1, 0.15) is 44.9 Å². The molecule has 2 aromatic heterocycles. The van der Waals surface area contributed by atoms with Gasteiger partial charge in [0.15, 0.2) is 10.9 Å². The van der Waals surface area contributed by atoms with Crippen molar-refractivity contribution in [2.75, 3.05) is 50.0 Å². The van der Waals surface area contributed by atoms with E-state index in [2.05, 4.69) is 25.1 Å². The van der Waals surface area contributed by atoms with Gasteiger partial charge in [0, 0.05) is 35.1 Å². The molecule has 1 spiro atoms. The van der Waals surface area contributed by atoms with Crippen molar-refractivity contribution >= 4 is 55.0 Å². The molecule has 0 bridgehead atoms. The van der Waals surface area contributed by atoms with E-state index in [9.17, 15) is 4.39 Å². The number of benzene rings is 2. The maximum atomic E-state index is 16.7. The molecule has 8 rings (SSSR count). The van der Waals surface area contributed by atoms with Crippen molar-refractivity contribution in [3.05, 3.63) is 34.9 Å². The predicted octanol–water partition coefficient (Wildman–Crippen LogP) is 5.76. The van der Waals surface area contributed by atoms with Gasteiger partial charge in [-0.05, 0) is 82.8 Å². The zero-order valence-corrected chi connectivity index (χ0v) is 24.8. The highest BCUT2D eigenvalue weighted by Crippen LogP contribution is 2.44. The van der Waals surface area contributed by atoms with Gasteiger partial charge in [-0.1, -0.05) is 22.9 Å². The second-order valence-electron chi connectivity index (χ2n) is 12.3. The normalized spacial score (nSPS) is 23.6. The van der Waals surface area contributed by atoms with E-state index in [1.54, 1.807) is 6.07 Å². The number of nitrogens with two attached hydrogens (primary N) is 1. The molecule has 4 aliphatic heterocycles. The number of nitrogens with one attached hydrogen (secondary N) is 1. The summed E-state index contributed by atoms with van der Waals surface area (Å²) >= 11 is 7.85. The van der Waals surface area contributed by atoms with Crippen molar-refractivity contribution in [3.8, 4) is 17.1 Å². The molecule has 4 aliphatic rings. The molecule has 4 saturated heterocycles. The Balaban J connectivity index is 1.27. The van der Waals surface area contributed by atoms with Crippen molar-refractivity contribution in [3.63, 3.8) is 0 Å². The molecule has 0 aliphatic carbocycles. The molecule has 2 aromatic carbocycles. The van der Waals surface area contributed by atoms with E-state index in [1.807, 2.05) is 0 Å². The number of ether oxygens (including phenoxy) is 1. The maximum absolute atomic E-state index is 16.7. The van der Waals surface area contributed by atoms with Crippen LogP contribution < -0.4 is 20.7 Å². The summed E-state index contributed by atoms with van der Waals surface area (Å²) in [6.45, 7) is 5.21. The van der Waals surface area contributed by atoms with Crippen molar-refractivity contribution in [1.29, 1.82) is 0 Å². The van der Waals surface area contributed by atoms with Gasteiger partial charge in [-0.15, -0.1) is 0 Å². The highest BCUT2D eigenvalue weighted by molar-refractivity contribution is 7.22. The molecule has 12 heteroatoms. The first-order valence-corrected chi connectivity index (χ1v) is 16.0. The fourth-order valence-electron chi connectivity index (χ4n) is 7.71. The number of fused-ring (bicyclic) bond motifs is 3. The summed E-state index contributed by atoms with van der Waals surface area (Å²) in [5.41, 5.74) is 6.85. The number of piperidine rings is 1. The topological polar surface area (TPSA) is 92.4 Å². The summed E-state index contributed by atoms with van der Waals surface area (Å²) in [6.07, 6.45) is 7.67. The van der Waals surface area contributed by atoms with Crippen molar-refractivity contribution in [2.24, 2.45) is 0 Å². The Bertz CT molecular complexity index is 1720. The van der Waals surface area contributed by atoms with Gasteiger partial charge in [-0.25, -0.2) is 13.8 Å². The number of nitrogens with zero attached hydrogens (tertiary/aromatic N) is 5. The summed E-state index contributed by atoms with van der Waals surface area (Å²) in [4.78, 5) is 18.6. The van der Waals surface area contributed by atoms with Gasteiger partial charge in [0.05, 0.1) is 20.8 Å². The van der Waals surface area contributed by atoms with Crippen LogP contribution in [0, 0.1) is 11.6 Å². The Morgan fingerprint density at radius 1 is 1.02 bits per heavy atom. The smallest absolute Gasteiger partial charge is 0.319 e. The lowest BCUT2D eigenvalue weighted by Crippen LogP contribution is -2.65. The third kappa shape index (κ3) is 4.15. The number of halogens is 3. The number of rotatable bonds is 5. The van der Waals surface area contributed by atoms with E-state index in [4.69, 9.17) is 27.1 Å². The molecule has 0 saturated carbocycles. The molecule has 4 aromatic rings. The summed E-state index contributed by atoms with van der Waals surface area (Å²) < 4.78 is 38.0. The predicted molar refractivity (Wildman–Crippen MR) is 163 cm³/mol. The van der Waals surface area contributed by atoms with Crippen molar-refractivity contribution in [2.45, 2.75) is 56.0 Å². The number of aromatic nitrogens is 3. The Morgan fingerprint density at radius 2 is 1.81 bits per heavy atom. The minimum atomic E-state index is -0.611. The van der Waals surface area contributed by atoms with E-state index in [0.717, 1.165) is 89.0 Å². The standard InChI is InChI=1S/C30H32ClF2N7OS/c31-19-14-18-23(22(33)21(19)17-4-5-20(32)25-24(17)36-27(34)42-25)37-28(41-16-30-7-2-12-40(30)13-3-8-30)38-26(18)39-11-1-6-29(15-39)9-10-35-29/h4-5,14,35H,1-3,6-13,15-16H2,(H2,34,36). The minimum Gasteiger partial charge on any atom is -0.461 e. The molecule has 6 heterocycles. The Labute approximate surface area is 251 Å². The van der Waals surface area contributed by atoms with E-state index in [0.29, 0.717) is 23.4 Å². The summed E-state index contributed by atoms with van der Waals surface area (Å²) in [6, 6.07) is 4.68. The Morgan fingerprint density at radius 3 is 2.57 bits per heavy atom. The lowest BCUT2D eigenvalue weighted by Gasteiger charge is -2.50. The zero-order valence-electron chi connectivity index (χ0n) is 23.2. The van der Waals surface area contributed by atoms with Crippen LogP contribution in [0.25, 0.3) is 32.2 Å². The second kappa shape index (κ2) is 9.83. The van der Waals surface area contributed by atoms with Crippen LogP contribution in [0.2, 0.25) is 5.02 Å². The molecule has 0 amide bonds. The molecule has 4 fully saturated rings. The third-order valence-electron chi connectivity index (χ3n) is 9.88. The SMILES string of the molecule is Nc1nc2c(-c3c(Cl)cc4c(N5CCCC6(CCN6)C5)nc(OCC56CCCN5CCC6)nc4c3F)ccc(F)c2s1. The zero-order chi connectivity index (χ0) is 28.6. The average molecular weight is 612 g/mol. The Kier molecular flexibility index (Phi) is 6.26. The van der Waals surface area contributed by atoms with Crippen LogP contribution in [0.5, 0.6) is 6.01 Å². The molecule has 220 valence electrons. The molecule has 42 heavy (non-hydrogen) atoms. The van der Waals surface area contributed by atoms with Crippen LogP contribution in [0.15, 0.2) is 18.2 Å². The minimum absolute atomic E-state index is 0.00250. The number of thiazole rings is 1. The highest BCUT2D eigenvalue weighted by atomic mass is 35.5. The Hall–Kier alpha value is -2.86. The molecule has 1 atom stereocenters. The number of nitrogen functional groups attached to an aromatic ring is 1. The van der Waals surface area contributed by atoms with Crippen LogP contribution in [-0.4, -0.2) is 70.3 Å². The maximum Gasteiger partial charge on any atom is 0.319 e. The third-order valence-corrected chi connectivity index (χ3v) is 11.1. The van der Waals surface area contributed by atoms with E-state index >= 15 is 4.39 Å². The molecular weight excluding hydrogens is 580 g/mol. The monoisotopic (exact) mass is 611 g/mol. The second-order valence-corrected chi connectivity index (χ2v) is 13.7. The van der Waals surface area contributed by atoms with Gasteiger partial charge < -0.3 is 20.7 Å². The van der Waals surface area contributed by atoms with Gasteiger partial charge in [0.2, 0.25) is 0 Å². The van der Waals surface area contributed by atoms with Crippen molar-refractivity contribution < 1.29 is 13.5 Å². The summed E-state index contributed by atoms with van der Waals surface area (Å²) in [5, 5.41) is 4.53. The van der Waals surface area contributed by atoms with Crippen LogP contribution in [0.3, 0.4) is 0 Å². The molecule has 8 nitrogen and oxygen atoms in total. The van der Waals surface area contributed by atoms with E-state index < -0.39 is 11.6 Å². The first kappa shape index (κ1) is 26.7. The molecule has 0 radical (unpaired) electrons. The largest absolute Gasteiger partial charge is 0.461 e. The van der Waals surface area contributed by atoms with Crippen LogP contribution >= 0.6 is 22.9 Å². The number of anilines is 2. The van der Waals surface area contributed by atoms with Crippen LogP contribution in [-0.2, 0) is 0 Å². The van der Waals surface area contributed by atoms with E-state index in [1.165, 1.54) is 12.1 Å². The fourth-order valence-corrected chi connectivity index (χ4v) is 8.76. The van der Waals surface area contributed by atoms with E-state index in [-0.39, 0.29) is 48.5 Å². The van der Waals surface area contributed by atoms with Gasteiger partial charge in [0.1, 0.15) is 23.8 Å². The van der Waals surface area contributed by atoms with Crippen LogP contribution in [0.4, 0.5) is 19.7 Å². The summed E-state index contributed by atoms with van der Waals surface area (Å²) in [5.74, 6) is -0.443. The number of hydrogen-bond acceptors (Lipinski definition) is 9. The number of hydrogen-bond donors (Lipinski definition) is 2. The van der Waals surface area contributed by atoms with Gasteiger partial charge >= 0.3 is 6.01 Å². The van der Waals surface area contributed by atoms with Gasteiger partial charge in [0.25, 0.3) is 0 Å². The lowest BCUT2D eigenvalue weighted by molar-refractivity contribution is 0.107. The quantitative estimate of drug-likeness (QED) is 0.294. The first-order valence-electron chi connectivity index (χ1n) is 14.8. The molecule has 3 N–H and O–H groups in total. The van der Waals surface area contributed by atoms with Crippen molar-refractivity contribution in [1.82, 2.24) is 25.2 Å². The molecular formula is C30H32ClF2N7OS.